The lowest BCUT2D eigenvalue weighted by atomic mass is 10.1. The molecule has 0 aromatic heterocycles. The second kappa shape index (κ2) is 3.89. The van der Waals surface area contributed by atoms with Crippen molar-refractivity contribution < 1.29 is 0 Å². The molecule has 0 aromatic rings. The Labute approximate surface area is 78.5 Å². The van der Waals surface area contributed by atoms with Gasteiger partial charge in [0.1, 0.15) is 6.17 Å². The van der Waals surface area contributed by atoms with E-state index in [1.165, 1.54) is 6.42 Å². The molecular formula is C9H15N4. The predicted molar refractivity (Wildman–Crippen MR) is 52.3 cm³/mol. The van der Waals surface area contributed by atoms with E-state index in [0.29, 0.717) is 6.04 Å². The van der Waals surface area contributed by atoms with E-state index in [0.717, 1.165) is 19.5 Å². The third kappa shape index (κ3) is 2.08. The Kier molecular flexibility index (Phi) is 2.61. The molecule has 1 saturated heterocycles. The molecule has 4 heteroatoms. The number of nitrogens with two attached hydrogens (primary N) is 1. The van der Waals surface area contributed by atoms with Crippen molar-refractivity contribution in [1.29, 1.82) is 0 Å². The Morgan fingerprint density at radius 2 is 2.54 bits per heavy atom. The van der Waals surface area contributed by atoms with Crippen molar-refractivity contribution in [1.82, 2.24) is 10.2 Å². The average molecular weight is 179 g/mol. The highest BCUT2D eigenvalue weighted by atomic mass is 15.3. The van der Waals surface area contributed by atoms with Gasteiger partial charge in [0.2, 0.25) is 0 Å². The standard InChI is InChI=1S/C9H15N4/c10-8-2-1-5-13(6-8)9-3-4-11-7-12-9/h3-4,8-9H,1-2,5-6,10H2,(H,11,12). The molecule has 2 unspecified atom stereocenters. The molecule has 4 nitrogen and oxygen atoms in total. The molecule has 0 aromatic carbocycles. The number of hydrogen-bond acceptors (Lipinski definition) is 4. The van der Waals surface area contributed by atoms with Crippen LogP contribution in [-0.4, -0.2) is 36.5 Å². The summed E-state index contributed by atoms with van der Waals surface area (Å²) in [6.45, 7) is 2.07. The van der Waals surface area contributed by atoms with Gasteiger partial charge < -0.3 is 11.1 Å². The van der Waals surface area contributed by atoms with Crippen LogP contribution in [0.3, 0.4) is 0 Å². The first kappa shape index (κ1) is 8.72. The summed E-state index contributed by atoms with van der Waals surface area (Å²) in [5.41, 5.74) is 5.89. The van der Waals surface area contributed by atoms with Gasteiger partial charge in [0, 0.05) is 25.3 Å². The summed E-state index contributed by atoms with van der Waals surface area (Å²) < 4.78 is 0. The summed E-state index contributed by atoms with van der Waals surface area (Å²) in [4.78, 5) is 6.17. The van der Waals surface area contributed by atoms with Gasteiger partial charge in [-0.15, -0.1) is 0 Å². The van der Waals surface area contributed by atoms with Gasteiger partial charge in [-0.05, 0) is 18.9 Å². The number of likely N-dealkylation sites (tertiary alicyclic amines) is 1. The SMILES string of the molecule is NC1CCCN(C2C=CN=[C]N2)C1. The molecule has 2 heterocycles. The lowest BCUT2D eigenvalue weighted by Crippen LogP contribution is -2.52. The molecule has 2 aliphatic rings. The fraction of sp³-hybridized carbons (Fsp3) is 0.667. The zero-order valence-corrected chi connectivity index (χ0v) is 7.61. The summed E-state index contributed by atoms with van der Waals surface area (Å²) in [6.07, 6.45) is 9.14. The minimum absolute atomic E-state index is 0.240. The first-order chi connectivity index (χ1) is 6.36. The molecule has 1 fully saturated rings. The van der Waals surface area contributed by atoms with Gasteiger partial charge in [0.15, 0.2) is 6.34 Å². The van der Waals surface area contributed by atoms with Crippen LogP contribution in [-0.2, 0) is 0 Å². The van der Waals surface area contributed by atoms with Gasteiger partial charge >= 0.3 is 0 Å². The van der Waals surface area contributed by atoms with Gasteiger partial charge in [0.05, 0.1) is 0 Å². The largest absolute Gasteiger partial charge is 0.348 e. The van der Waals surface area contributed by atoms with Gasteiger partial charge in [-0.1, -0.05) is 0 Å². The van der Waals surface area contributed by atoms with Gasteiger partial charge in [0.25, 0.3) is 0 Å². The minimum atomic E-state index is 0.240. The molecule has 0 spiro atoms. The lowest BCUT2D eigenvalue weighted by molar-refractivity contribution is 0.166. The molecule has 2 aliphatic heterocycles. The lowest BCUT2D eigenvalue weighted by Gasteiger charge is -2.35. The van der Waals surface area contributed by atoms with Crippen molar-refractivity contribution in [2.24, 2.45) is 10.7 Å². The number of piperidine rings is 1. The first-order valence-corrected chi connectivity index (χ1v) is 4.73. The highest BCUT2D eigenvalue weighted by Gasteiger charge is 2.22. The second-order valence-corrected chi connectivity index (χ2v) is 3.57. The average Bonchev–Trinajstić information content (AvgIpc) is 2.19. The molecule has 2 atom stereocenters. The molecule has 13 heavy (non-hydrogen) atoms. The van der Waals surface area contributed by atoms with Crippen molar-refractivity contribution >= 4 is 6.34 Å². The zero-order chi connectivity index (χ0) is 9.10. The zero-order valence-electron chi connectivity index (χ0n) is 7.61. The minimum Gasteiger partial charge on any atom is -0.348 e. The van der Waals surface area contributed by atoms with Crippen molar-refractivity contribution in [2.45, 2.75) is 25.0 Å². The predicted octanol–water partition coefficient (Wildman–Crippen LogP) is -0.242. The van der Waals surface area contributed by atoms with Crippen LogP contribution in [0.4, 0.5) is 0 Å². The maximum Gasteiger partial charge on any atom is 0.170 e. The quantitative estimate of drug-likeness (QED) is 0.584. The van der Waals surface area contributed by atoms with Crippen LogP contribution in [0.25, 0.3) is 0 Å². The van der Waals surface area contributed by atoms with Crippen LogP contribution in [0.1, 0.15) is 12.8 Å². The maximum absolute atomic E-state index is 5.89. The molecular weight excluding hydrogens is 164 g/mol. The van der Waals surface area contributed by atoms with Crippen molar-refractivity contribution in [3.05, 3.63) is 12.3 Å². The molecule has 3 N–H and O–H groups in total. The Bertz CT molecular complexity index is 224. The Morgan fingerprint density at radius 1 is 1.62 bits per heavy atom. The van der Waals surface area contributed by atoms with E-state index in [2.05, 4.69) is 21.5 Å². The van der Waals surface area contributed by atoms with Crippen LogP contribution in [0.5, 0.6) is 0 Å². The molecule has 2 rings (SSSR count). The number of rotatable bonds is 1. The summed E-state index contributed by atoms with van der Waals surface area (Å²) in [5.74, 6) is 0. The molecule has 0 aliphatic carbocycles. The second-order valence-electron chi connectivity index (χ2n) is 3.57. The van der Waals surface area contributed by atoms with Crippen LogP contribution in [0.2, 0.25) is 0 Å². The van der Waals surface area contributed by atoms with E-state index < -0.39 is 0 Å². The van der Waals surface area contributed by atoms with Crippen LogP contribution >= 0.6 is 0 Å². The number of hydrogen-bond donors (Lipinski definition) is 2. The number of nitrogens with one attached hydrogen (secondary N) is 1. The van der Waals surface area contributed by atoms with Crippen molar-refractivity contribution in [2.75, 3.05) is 13.1 Å². The van der Waals surface area contributed by atoms with E-state index in [4.69, 9.17) is 5.73 Å². The summed E-state index contributed by atoms with van der Waals surface area (Å²) in [6, 6.07) is 0.322. The fourth-order valence-electron chi connectivity index (χ4n) is 1.82. The third-order valence-corrected chi connectivity index (χ3v) is 2.50. The normalized spacial score (nSPS) is 34.5. The van der Waals surface area contributed by atoms with E-state index in [9.17, 15) is 0 Å². The van der Waals surface area contributed by atoms with E-state index >= 15 is 0 Å². The van der Waals surface area contributed by atoms with Gasteiger partial charge in [-0.25, -0.2) is 4.99 Å². The molecule has 0 saturated carbocycles. The van der Waals surface area contributed by atoms with Gasteiger partial charge in [-0.2, -0.15) is 0 Å². The monoisotopic (exact) mass is 179 g/mol. The smallest absolute Gasteiger partial charge is 0.170 e. The Balaban J connectivity index is 1.92. The van der Waals surface area contributed by atoms with Crippen LogP contribution in [0, 0.1) is 0 Å². The van der Waals surface area contributed by atoms with Crippen molar-refractivity contribution in [3.63, 3.8) is 0 Å². The molecule has 0 amide bonds. The highest BCUT2D eigenvalue weighted by molar-refractivity contribution is 5.57. The number of aliphatic imine (C=N–C) groups is 1. The van der Waals surface area contributed by atoms with E-state index in [1.54, 1.807) is 6.20 Å². The van der Waals surface area contributed by atoms with Crippen molar-refractivity contribution in [3.8, 4) is 0 Å². The van der Waals surface area contributed by atoms with Gasteiger partial charge in [-0.3, -0.25) is 4.90 Å². The molecule has 0 bridgehead atoms. The topological polar surface area (TPSA) is 53.6 Å². The van der Waals surface area contributed by atoms with Crippen LogP contribution < -0.4 is 11.1 Å². The summed E-state index contributed by atoms with van der Waals surface area (Å²) in [7, 11) is 0. The summed E-state index contributed by atoms with van der Waals surface area (Å²) >= 11 is 0. The third-order valence-electron chi connectivity index (χ3n) is 2.50. The van der Waals surface area contributed by atoms with E-state index in [1.807, 2.05) is 6.08 Å². The van der Waals surface area contributed by atoms with E-state index in [-0.39, 0.29) is 6.17 Å². The highest BCUT2D eigenvalue weighted by Crippen LogP contribution is 2.11. The molecule has 1 radical (unpaired) electrons. The Hall–Kier alpha value is -0.870. The first-order valence-electron chi connectivity index (χ1n) is 4.73. The summed E-state index contributed by atoms with van der Waals surface area (Å²) in [5, 5.41) is 3.08. The fourth-order valence-corrected chi connectivity index (χ4v) is 1.82. The maximum atomic E-state index is 5.89. The molecule has 71 valence electrons. The van der Waals surface area contributed by atoms with Crippen LogP contribution in [0.15, 0.2) is 17.3 Å². The Morgan fingerprint density at radius 3 is 3.23 bits per heavy atom. The number of nitrogens with zero attached hydrogens (tertiary/aromatic N) is 2.